The smallest absolute Gasteiger partial charge is 0.249 e. The Balaban J connectivity index is 1.88. The van der Waals surface area contributed by atoms with Crippen LogP contribution in [-0.4, -0.2) is 28.8 Å². The lowest BCUT2D eigenvalue weighted by atomic mass is 9.86. The van der Waals surface area contributed by atoms with Crippen molar-refractivity contribution in [1.29, 1.82) is 0 Å². The summed E-state index contributed by atoms with van der Waals surface area (Å²) >= 11 is 0. The first kappa shape index (κ1) is 9.09. The van der Waals surface area contributed by atoms with E-state index in [1.807, 2.05) is 6.92 Å². The second-order valence-corrected chi connectivity index (χ2v) is 4.56. The molecule has 1 fully saturated rings. The van der Waals surface area contributed by atoms with Crippen LogP contribution in [0, 0.1) is 5.92 Å². The van der Waals surface area contributed by atoms with E-state index in [-0.39, 0.29) is 18.0 Å². The number of hydrogen-bond acceptors (Lipinski definition) is 3. The predicted octanol–water partition coefficient (Wildman–Crippen LogP) is 0.859. The molecule has 80 valence electrons. The number of allylic oxidation sites excluding steroid dienone is 1. The summed E-state index contributed by atoms with van der Waals surface area (Å²) in [6, 6.07) is 0.324. The first-order valence-corrected chi connectivity index (χ1v) is 5.54. The fourth-order valence-electron chi connectivity index (χ4n) is 2.68. The molecular weight excluding hydrogens is 190 g/mol. The minimum Gasteiger partial charge on any atom is -0.291 e. The van der Waals surface area contributed by atoms with Crippen molar-refractivity contribution in [3.8, 4) is 0 Å². The number of fused-ring (bicyclic) bond motifs is 2. The Labute approximate surface area is 89.0 Å². The minimum absolute atomic E-state index is 0.0981. The lowest BCUT2D eigenvalue weighted by Crippen LogP contribution is -2.60. The molecule has 3 rings (SSSR count). The highest BCUT2D eigenvalue weighted by Gasteiger charge is 2.43. The lowest BCUT2D eigenvalue weighted by molar-refractivity contribution is -0.143. The highest BCUT2D eigenvalue weighted by atomic mass is 16.2. The summed E-state index contributed by atoms with van der Waals surface area (Å²) < 4.78 is 0. The maximum atomic E-state index is 12.1. The standard InChI is InChI=1S/C11H15N3O/c1-7-6-10-12-9-5-3-2-4-8(9)11(15)14(10)13-7/h2-3,8-10,12H,4-6H2,1H3. The molecule has 1 saturated heterocycles. The number of hydrazone groups is 1. The summed E-state index contributed by atoms with van der Waals surface area (Å²) in [5, 5.41) is 9.46. The first-order valence-electron chi connectivity index (χ1n) is 5.54. The van der Waals surface area contributed by atoms with E-state index in [0.717, 1.165) is 25.0 Å². The van der Waals surface area contributed by atoms with Crippen LogP contribution < -0.4 is 5.32 Å². The summed E-state index contributed by atoms with van der Waals surface area (Å²) in [6.45, 7) is 1.98. The van der Waals surface area contributed by atoms with Crippen LogP contribution in [0.2, 0.25) is 0 Å². The molecule has 0 aromatic heterocycles. The van der Waals surface area contributed by atoms with E-state index < -0.39 is 0 Å². The van der Waals surface area contributed by atoms with Gasteiger partial charge in [-0.1, -0.05) is 12.2 Å². The van der Waals surface area contributed by atoms with Crippen LogP contribution in [0.3, 0.4) is 0 Å². The quantitative estimate of drug-likeness (QED) is 0.596. The van der Waals surface area contributed by atoms with Crippen molar-refractivity contribution in [1.82, 2.24) is 10.3 Å². The molecule has 0 saturated carbocycles. The molecule has 2 heterocycles. The van der Waals surface area contributed by atoms with Crippen molar-refractivity contribution in [3.05, 3.63) is 12.2 Å². The molecule has 2 aliphatic heterocycles. The number of rotatable bonds is 0. The molecule has 0 spiro atoms. The van der Waals surface area contributed by atoms with E-state index in [9.17, 15) is 4.79 Å². The van der Waals surface area contributed by atoms with Crippen molar-refractivity contribution >= 4 is 11.6 Å². The van der Waals surface area contributed by atoms with Crippen molar-refractivity contribution in [2.75, 3.05) is 0 Å². The van der Waals surface area contributed by atoms with Gasteiger partial charge in [0.2, 0.25) is 5.91 Å². The molecule has 4 nitrogen and oxygen atoms in total. The molecule has 15 heavy (non-hydrogen) atoms. The normalized spacial score (nSPS) is 38.7. The molecule has 1 aliphatic carbocycles. The maximum absolute atomic E-state index is 12.1. The fraction of sp³-hybridized carbons (Fsp3) is 0.636. The van der Waals surface area contributed by atoms with Gasteiger partial charge in [0.15, 0.2) is 0 Å². The number of nitrogens with one attached hydrogen (secondary N) is 1. The molecule has 3 atom stereocenters. The van der Waals surface area contributed by atoms with Gasteiger partial charge in [0.25, 0.3) is 0 Å². The Morgan fingerprint density at radius 2 is 2.27 bits per heavy atom. The van der Waals surface area contributed by atoms with Gasteiger partial charge in [0.05, 0.1) is 5.92 Å². The number of carbonyl (C=O) groups excluding carboxylic acids is 1. The molecule has 0 bridgehead atoms. The zero-order chi connectivity index (χ0) is 10.4. The van der Waals surface area contributed by atoms with E-state index in [0.29, 0.717) is 6.04 Å². The second kappa shape index (κ2) is 3.17. The largest absolute Gasteiger partial charge is 0.291 e. The molecule has 0 aromatic rings. The summed E-state index contributed by atoms with van der Waals surface area (Å²) in [6.07, 6.45) is 7.09. The van der Waals surface area contributed by atoms with Crippen LogP contribution in [0.15, 0.2) is 17.3 Å². The SMILES string of the molecule is CC1=NN2C(=O)C3CC=CCC3NC2C1. The monoisotopic (exact) mass is 205 g/mol. The van der Waals surface area contributed by atoms with Gasteiger partial charge in [-0.25, -0.2) is 5.01 Å². The van der Waals surface area contributed by atoms with Crippen LogP contribution in [0.4, 0.5) is 0 Å². The Kier molecular flexibility index (Phi) is 1.92. The van der Waals surface area contributed by atoms with Crippen molar-refractivity contribution < 1.29 is 4.79 Å². The fourth-order valence-corrected chi connectivity index (χ4v) is 2.68. The Morgan fingerprint density at radius 3 is 3.13 bits per heavy atom. The lowest BCUT2D eigenvalue weighted by Gasteiger charge is -2.40. The van der Waals surface area contributed by atoms with Gasteiger partial charge >= 0.3 is 0 Å². The van der Waals surface area contributed by atoms with Crippen molar-refractivity contribution in [2.24, 2.45) is 11.0 Å². The third kappa shape index (κ3) is 1.32. The summed E-state index contributed by atoms with van der Waals surface area (Å²) in [5.41, 5.74) is 1.05. The Hall–Kier alpha value is -1.16. The number of carbonyl (C=O) groups is 1. The molecule has 1 N–H and O–H groups in total. The van der Waals surface area contributed by atoms with Crippen LogP contribution in [0.5, 0.6) is 0 Å². The topological polar surface area (TPSA) is 44.7 Å². The average molecular weight is 205 g/mol. The first-order chi connectivity index (χ1) is 7.25. The maximum Gasteiger partial charge on any atom is 0.249 e. The summed E-state index contributed by atoms with van der Waals surface area (Å²) in [7, 11) is 0. The van der Waals surface area contributed by atoms with Crippen LogP contribution >= 0.6 is 0 Å². The van der Waals surface area contributed by atoms with E-state index in [2.05, 4.69) is 22.6 Å². The predicted molar refractivity (Wildman–Crippen MR) is 57.1 cm³/mol. The molecule has 3 aliphatic rings. The summed E-state index contributed by atoms with van der Waals surface area (Å²) in [4.78, 5) is 12.1. The zero-order valence-corrected chi connectivity index (χ0v) is 8.81. The molecule has 4 heteroatoms. The minimum atomic E-state index is 0.0981. The molecule has 0 radical (unpaired) electrons. The van der Waals surface area contributed by atoms with E-state index in [4.69, 9.17) is 0 Å². The molecule has 1 amide bonds. The van der Waals surface area contributed by atoms with Crippen LogP contribution in [0.25, 0.3) is 0 Å². The zero-order valence-electron chi connectivity index (χ0n) is 8.81. The molecule has 0 aromatic carbocycles. The van der Waals surface area contributed by atoms with Crippen molar-refractivity contribution in [3.63, 3.8) is 0 Å². The van der Waals surface area contributed by atoms with Gasteiger partial charge < -0.3 is 0 Å². The van der Waals surface area contributed by atoms with Gasteiger partial charge in [0.1, 0.15) is 6.17 Å². The Bertz CT molecular complexity index is 361. The van der Waals surface area contributed by atoms with Crippen LogP contribution in [0.1, 0.15) is 26.2 Å². The molecular formula is C11H15N3O. The van der Waals surface area contributed by atoms with Gasteiger partial charge in [-0.3, -0.25) is 10.1 Å². The highest BCUT2D eigenvalue weighted by Crippen LogP contribution is 2.30. The second-order valence-electron chi connectivity index (χ2n) is 4.56. The van der Waals surface area contributed by atoms with Crippen molar-refractivity contribution in [2.45, 2.75) is 38.4 Å². The highest BCUT2D eigenvalue weighted by molar-refractivity contribution is 5.89. The van der Waals surface area contributed by atoms with Gasteiger partial charge in [0, 0.05) is 18.2 Å². The summed E-state index contributed by atoms with van der Waals surface area (Å²) in [5.74, 6) is 0.297. The van der Waals surface area contributed by atoms with E-state index in [1.54, 1.807) is 5.01 Å². The van der Waals surface area contributed by atoms with Gasteiger partial charge in [-0.15, -0.1) is 0 Å². The van der Waals surface area contributed by atoms with Gasteiger partial charge in [-0.2, -0.15) is 5.10 Å². The number of nitrogens with zero attached hydrogens (tertiary/aromatic N) is 2. The number of hydrogen-bond donors (Lipinski definition) is 1. The Morgan fingerprint density at radius 1 is 1.47 bits per heavy atom. The van der Waals surface area contributed by atoms with Gasteiger partial charge in [-0.05, 0) is 19.8 Å². The third-order valence-corrected chi connectivity index (χ3v) is 3.44. The van der Waals surface area contributed by atoms with E-state index >= 15 is 0 Å². The molecule has 3 unspecified atom stereocenters. The third-order valence-electron chi connectivity index (χ3n) is 3.44. The average Bonchev–Trinajstić information content (AvgIpc) is 2.59. The number of amides is 1. The van der Waals surface area contributed by atoms with Crippen LogP contribution in [-0.2, 0) is 4.79 Å². The van der Waals surface area contributed by atoms with E-state index in [1.165, 1.54) is 0 Å².